The summed E-state index contributed by atoms with van der Waals surface area (Å²) in [4.78, 5) is 24.9. The van der Waals surface area contributed by atoms with E-state index >= 15 is 0 Å². The van der Waals surface area contributed by atoms with Crippen LogP contribution in [0.4, 0.5) is 4.79 Å². The molecule has 1 aliphatic heterocycles. The highest BCUT2D eigenvalue weighted by atomic mass is 16.6. The number of methoxy groups -OCH3 is 1. The van der Waals surface area contributed by atoms with Crippen molar-refractivity contribution < 1.29 is 19.1 Å². The number of rotatable bonds is 1. The Kier molecular flexibility index (Phi) is 4.56. The van der Waals surface area contributed by atoms with Crippen molar-refractivity contribution in [1.29, 1.82) is 0 Å². The number of likely N-dealkylation sites (tertiary alicyclic amines) is 1. The van der Waals surface area contributed by atoms with Crippen molar-refractivity contribution in [2.45, 2.75) is 38.8 Å². The molecule has 0 aromatic carbocycles. The third kappa shape index (κ3) is 3.87. The van der Waals surface area contributed by atoms with E-state index in [1.807, 2.05) is 0 Å². The summed E-state index contributed by atoms with van der Waals surface area (Å²) in [6, 6.07) is -0.267. The lowest BCUT2D eigenvalue weighted by Crippen LogP contribution is -2.53. The monoisotopic (exact) mass is 258 g/mol. The second-order valence-electron chi connectivity index (χ2n) is 5.51. The van der Waals surface area contributed by atoms with E-state index in [1.165, 1.54) is 12.0 Å². The van der Waals surface area contributed by atoms with Crippen LogP contribution in [0.15, 0.2) is 0 Å². The number of hydrogen-bond donors (Lipinski definition) is 1. The van der Waals surface area contributed by atoms with Crippen LogP contribution in [0, 0.1) is 5.92 Å². The Labute approximate surface area is 107 Å². The molecule has 0 aromatic heterocycles. The van der Waals surface area contributed by atoms with E-state index in [1.54, 1.807) is 20.8 Å². The molecule has 104 valence electrons. The second-order valence-corrected chi connectivity index (χ2v) is 5.51. The Bertz CT molecular complexity index is 325. The Morgan fingerprint density at radius 1 is 1.33 bits per heavy atom. The maximum absolute atomic E-state index is 11.9. The summed E-state index contributed by atoms with van der Waals surface area (Å²) in [5.41, 5.74) is 5.32. The van der Waals surface area contributed by atoms with Crippen LogP contribution in [-0.4, -0.2) is 48.8 Å². The van der Waals surface area contributed by atoms with Gasteiger partial charge >= 0.3 is 12.1 Å². The number of esters is 1. The third-order valence-corrected chi connectivity index (χ3v) is 2.82. The summed E-state index contributed by atoms with van der Waals surface area (Å²) in [5, 5.41) is 0. The molecule has 1 amide bonds. The fraction of sp³-hybridized carbons (Fsp3) is 0.833. The molecule has 0 aliphatic carbocycles. The largest absolute Gasteiger partial charge is 0.469 e. The Morgan fingerprint density at radius 3 is 2.44 bits per heavy atom. The van der Waals surface area contributed by atoms with Crippen LogP contribution in [0.2, 0.25) is 0 Å². The number of carbonyl (C=O) groups is 2. The van der Waals surface area contributed by atoms with Gasteiger partial charge in [-0.1, -0.05) is 0 Å². The standard InChI is InChI=1S/C12H22N2O4/c1-12(2,3)18-11(16)14-6-5-9(13)8(7-14)10(15)17-4/h8-9H,5-7,13H2,1-4H3/t8-,9?/m0/s1. The van der Waals surface area contributed by atoms with E-state index in [0.29, 0.717) is 13.0 Å². The van der Waals surface area contributed by atoms with Crippen LogP contribution >= 0.6 is 0 Å². The topological polar surface area (TPSA) is 81.9 Å². The van der Waals surface area contributed by atoms with Crippen LogP contribution in [0.3, 0.4) is 0 Å². The van der Waals surface area contributed by atoms with Crippen LogP contribution in [0.5, 0.6) is 0 Å². The number of ether oxygens (including phenoxy) is 2. The number of piperidine rings is 1. The van der Waals surface area contributed by atoms with Gasteiger partial charge in [0.25, 0.3) is 0 Å². The molecule has 1 saturated heterocycles. The molecule has 0 aromatic rings. The van der Waals surface area contributed by atoms with Crippen LogP contribution in [0.1, 0.15) is 27.2 Å². The number of nitrogens with two attached hydrogens (primary N) is 1. The smallest absolute Gasteiger partial charge is 0.410 e. The highest BCUT2D eigenvalue weighted by Gasteiger charge is 2.36. The molecule has 1 fully saturated rings. The lowest BCUT2D eigenvalue weighted by Gasteiger charge is -2.36. The fourth-order valence-corrected chi connectivity index (χ4v) is 1.86. The summed E-state index contributed by atoms with van der Waals surface area (Å²) in [7, 11) is 1.32. The maximum atomic E-state index is 11.9. The first-order chi connectivity index (χ1) is 8.24. The minimum Gasteiger partial charge on any atom is -0.469 e. The second kappa shape index (κ2) is 5.56. The molecule has 0 spiro atoms. The van der Waals surface area contributed by atoms with E-state index in [9.17, 15) is 9.59 Å². The average molecular weight is 258 g/mol. The fourth-order valence-electron chi connectivity index (χ4n) is 1.86. The lowest BCUT2D eigenvalue weighted by atomic mass is 9.93. The highest BCUT2D eigenvalue weighted by Crippen LogP contribution is 2.19. The van der Waals surface area contributed by atoms with Crippen molar-refractivity contribution in [3.05, 3.63) is 0 Å². The molecule has 2 atom stereocenters. The minimum atomic E-state index is -0.544. The summed E-state index contributed by atoms with van der Waals surface area (Å²) < 4.78 is 9.96. The summed E-state index contributed by atoms with van der Waals surface area (Å²) in [6.07, 6.45) is 0.155. The molecule has 0 bridgehead atoms. The summed E-state index contributed by atoms with van der Waals surface area (Å²) in [6.45, 7) is 6.17. The number of amides is 1. The normalized spacial score (nSPS) is 24.6. The maximum Gasteiger partial charge on any atom is 0.410 e. The Balaban J connectivity index is 2.64. The number of carbonyl (C=O) groups excluding carboxylic acids is 2. The van der Waals surface area contributed by atoms with Crippen molar-refractivity contribution in [3.8, 4) is 0 Å². The molecule has 18 heavy (non-hydrogen) atoms. The zero-order valence-electron chi connectivity index (χ0n) is 11.4. The molecular formula is C12H22N2O4. The van der Waals surface area contributed by atoms with Crippen molar-refractivity contribution in [2.75, 3.05) is 20.2 Å². The van der Waals surface area contributed by atoms with Crippen molar-refractivity contribution in [2.24, 2.45) is 11.7 Å². The van der Waals surface area contributed by atoms with Crippen molar-refractivity contribution in [1.82, 2.24) is 4.90 Å². The van der Waals surface area contributed by atoms with Gasteiger partial charge in [-0.2, -0.15) is 0 Å². The molecule has 6 heteroatoms. The van der Waals surface area contributed by atoms with Crippen LogP contribution in [-0.2, 0) is 14.3 Å². The molecule has 6 nitrogen and oxygen atoms in total. The van der Waals surface area contributed by atoms with Gasteiger partial charge in [-0.05, 0) is 27.2 Å². The van der Waals surface area contributed by atoms with Crippen LogP contribution < -0.4 is 5.73 Å². The highest BCUT2D eigenvalue weighted by molar-refractivity contribution is 5.75. The Hall–Kier alpha value is -1.30. The lowest BCUT2D eigenvalue weighted by molar-refractivity contribution is -0.147. The van der Waals surface area contributed by atoms with Gasteiger partial charge in [-0.25, -0.2) is 4.79 Å². The van der Waals surface area contributed by atoms with E-state index in [4.69, 9.17) is 15.2 Å². The Morgan fingerprint density at radius 2 is 1.94 bits per heavy atom. The van der Waals surface area contributed by atoms with Crippen molar-refractivity contribution >= 4 is 12.1 Å². The van der Waals surface area contributed by atoms with E-state index < -0.39 is 17.6 Å². The molecular weight excluding hydrogens is 236 g/mol. The molecule has 0 saturated carbocycles. The molecule has 1 aliphatic rings. The zero-order chi connectivity index (χ0) is 13.9. The third-order valence-electron chi connectivity index (χ3n) is 2.82. The van der Waals surface area contributed by atoms with Crippen molar-refractivity contribution in [3.63, 3.8) is 0 Å². The molecule has 2 N–H and O–H groups in total. The first kappa shape index (κ1) is 14.8. The van der Waals surface area contributed by atoms with Gasteiger partial charge in [0.15, 0.2) is 0 Å². The minimum absolute atomic E-state index is 0.253. The average Bonchev–Trinajstić information content (AvgIpc) is 2.26. The van der Waals surface area contributed by atoms with E-state index in [2.05, 4.69) is 0 Å². The SMILES string of the molecule is COC(=O)[C@H]1CN(C(=O)OC(C)(C)C)CCC1N. The molecule has 1 unspecified atom stereocenters. The van der Waals surface area contributed by atoms with Gasteiger partial charge < -0.3 is 20.1 Å². The van der Waals surface area contributed by atoms with Gasteiger partial charge in [0.2, 0.25) is 0 Å². The first-order valence-electron chi connectivity index (χ1n) is 6.06. The zero-order valence-corrected chi connectivity index (χ0v) is 11.4. The number of nitrogens with zero attached hydrogens (tertiary/aromatic N) is 1. The number of hydrogen-bond acceptors (Lipinski definition) is 5. The summed E-state index contributed by atoms with van der Waals surface area (Å²) in [5.74, 6) is -0.855. The molecule has 1 heterocycles. The predicted molar refractivity (Wildman–Crippen MR) is 65.9 cm³/mol. The van der Waals surface area contributed by atoms with Gasteiger partial charge in [0, 0.05) is 19.1 Å². The van der Waals surface area contributed by atoms with E-state index in [-0.39, 0.29) is 18.6 Å². The van der Waals surface area contributed by atoms with Crippen LogP contribution in [0.25, 0.3) is 0 Å². The first-order valence-corrected chi connectivity index (χ1v) is 6.06. The molecule has 1 rings (SSSR count). The summed E-state index contributed by atoms with van der Waals surface area (Å²) >= 11 is 0. The predicted octanol–water partition coefficient (Wildman–Crippen LogP) is 0.744. The quantitative estimate of drug-likeness (QED) is 0.702. The van der Waals surface area contributed by atoms with Gasteiger partial charge in [0.05, 0.1) is 13.0 Å². The van der Waals surface area contributed by atoms with Gasteiger partial charge in [0.1, 0.15) is 5.60 Å². The van der Waals surface area contributed by atoms with Gasteiger partial charge in [-0.15, -0.1) is 0 Å². The molecule has 0 radical (unpaired) electrons. The van der Waals surface area contributed by atoms with Gasteiger partial charge in [-0.3, -0.25) is 4.79 Å². The van der Waals surface area contributed by atoms with E-state index in [0.717, 1.165) is 0 Å².